The number of rotatable bonds is 5. The third-order valence-electron chi connectivity index (χ3n) is 4.89. The zero-order valence-electron chi connectivity index (χ0n) is 12.3. The first-order chi connectivity index (χ1) is 9.70. The highest BCUT2D eigenvalue weighted by molar-refractivity contribution is 6.31. The highest BCUT2D eigenvalue weighted by atomic mass is 35.5. The molecule has 1 aromatic rings. The van der Waals surface area contributed by atoms with E-state index in [-0.39, 0.29) is 0 Å². The zero-order chi connectivity index (χ0) is 13.9. The monoisotopic (exact) mass is 292 g/mol. The molecule has 2 unspecified atom stereocenters. The Kier molecular flexibility index (Phi) is 4.65. The molecule has 3 heteroatoms. The predicted molar refractivity (Wildman–Crippen MR) is 85.1 cm³/mol. The van der Waals surface area contributed by atoms with E-state index in [2.05, 4.69) is 29.4 Å². The summed E-state index contributed by atoms with van der Waals surface area (Å²) >= 11 is 6.23. The number of benzene rings is 1. The van der Waals surface area contributed by atoms with Crippen molar-refractivity contribution in [1.29, 1.82) is 0 Å². The van der Waals surface area contributed by atoms with Crippen LogP contribution in [0.5, 0.6) is 0 Å². The van der Waals surface area contributed by atoms with Gasteiger partial charge in [-0.25, -0.2) is 0 Å². The molecule has 2 heterocycles. The van der Waals surface area contributed by atoms with E-state index < -0.39 is 0 Å². The van der Waals surface area contributed by atoms with Crippen molar-refractivity contribution in [3.8, 4) is 0 Å². The summed E-state index contributed by atoms with van der Waals surface area (Å²) < 4.78 is 0. The van der Waals surface area contributed by atoms with Crippen molar-refractivity contribution in [2.24, 2.45) is 5.92 Å². The van der Waals surface area contributed by atoms with Gasteiger partial charge in [0.1, 0.15) is 0 Å². The first-order valence-electron chi connectivity index (χ1n) is 7.88. The Hall–Kier alpha value is -0.570. The SMILES string of the molecule is CN(CCC1CC2CCC(C1)N2)Cc1ccccc1Cl. The average molecular weight is 293 g/mol. The molecule has 2 aliphatic heterocycles. The van der Waals surface area contributed by atoms with Crippen LogP contribution in [0.1, 0.15) is 37.7 Å². The van der Waals surface area contributed by atoms with Gasteiger partial charge in [-0.3, -0.25) is 0 Å². The van der Waals surface area contributed by atoms with Crippen molar-refractivity contribution in [3.05, 3.63) is 34.9 Å². The van der Waals surface area contributed by atoms with Gasteiger partial charge >= 0.3 is 0 Å². The molecule has 2 atom stereocenters. The molecule has 2 fully saturated rings. The second kappa shape index (κ2) is 6.46. The van der Waals surface area contributed by atoms with E-state index in [4.69, 9.17) is 11.6 Å². The Morgan fingerprint density at radius 3 is 2.60 bits per heavy atom. The predicted octanol–water partition coefficient (Wildman–Crippen LogP) is 3.69. The molecule has 0 spiro atoms. The van der Waals surface area contributed by atoms with Gasteiger partial charge in [0.15, 0.2) is 0 Å². The summed E-state index contributed by atoms with van der Waals surface area (Å²) in [6.07, 6.45) is 6.90. The normalized spacial score (nSPS) is 29.1. The maximum absolute atomic E-state index is 6.23. The third-order valence-corrected chi connectivity index (χ3v) is 5.26. The second-order valence-corrected chi connectivity index (χ2v) is 7.00. The van der Waals surface area contributed by atoms with Crippen LogP contribution in [0, 0.1) is 5.92 Å². The number of nitrogens with zero attached hydrogens (tertiary/aromatic N) is 1. The van der Waals surface area contributed by atoms with Crippen molar-refractivity contribution in [3.63, 3.8) is 0 Å². The standard InChI is InChI=1S/C17H25ClN2/c1-20(12-14-4-2-3-5-17(14)18)9-8-13-10-15-6-7-16(11-13)19-15/h2-5,13,15-16,19H,6-12H2,1H3. The van der Waals surface area contributed by atoms with Crippen LogP contribution >= 0.6 is 11.6 Å². The van der Waals surface area contributed by atoms with Crippen LogP contribution in [-0.4, -0.2) is 30.6 Å². The zero-order valence-corrected chi connectivity index (χ0v) is 13.1. The Morgan fingerprint density at radius 2 is 1.90 bits per heavy atom. The quantitative estimate of drug-likeness (QED) is 0.890. The number of hydrogen-bond acceptors (Lipinski definition) is 2. The second-order valence-electron chi connectivity index (χ2n) is 6.59. The van der Waals surface area contributed by atoms with E-state index in [1.165, 1.54) is 44.2 Å². The van der Waals surface area contributed by atoms with Crippen LogP contribution in [-0.2, 0) is 6.54 Å². The lowest BCUT2D eigenvalue weighted by atomic mass is 9.89. The molecule has 110 valence electrons. The van der Waals surface area contributed by atoms with Crippen molar-refractivity contribution in [2.45, 2.75) is 50.7 Å². The van der Waals surface area contributed by atoms with Gasteiger partial charge in [0.25, 0.3) is 0 Å². The molecular weight excluding hydrogens is 268 g/mol. The molecule has 2 bridgehead atoms. The average Bonchev–Trinajstić information content (AvgIpc) is 2.78. The summed E-state index contributed by atoms with van der Waals surface area (Å²) in [5.74, 6) is 0.919. The minimum atomic E-state index is 0.813. The molecule has 2 aliphatic rings. The Labute approximate surface area is 127 Å². The maximum atomic E-state index is 6.23. The van der Waals surface area contributed by atoms with Crippen LogP contribution in [0.15, 0.2) is 24.3 Å². The smallest absolute Gasteiger partial charge is 0.0451 e. The Balaban J connectivity index is 1.45. The molecule has 3 rings (SSSR count). The fraction of sp³-hybridized carbons (Fsp3) is 0.647. The lowest BCUT2D eigenvalue weighted by Crippen LogP contribution is -2.38. The highest BCUT2D eigenvalue weighted by Gasteiger charge is 2.33. The lowest BCUT2D eigenvalue weighted by molar-refractivity contribution is 0.238. The van der Waals surface area contributed by atoms with Gasteiger partial charge < -0.3 is 10.2 Å². The molecule has 0 amide bonds. The van der Waals surface area contributed by atoms with Crippen LogP contribution in [0.2, 0.25) is 5.02 Å². The largest absolute Gasteiger partial charge is 0.311 e. The molecule has 2 nitrogen and oxygen atoms in total. The van der Waals surface area contributed by atoms with E-state index in [9.17, 15) is 0 Å². The lowest BCUT2D eigenvalue weighted by Gasteiger charge is -2.30. The number of hydrogen-bond donors (Lipinski definition) is 1. The van der Waals surface area contributed by atoms with Gasteiger partial charge in [-0.15, -0.1) is 0 Å². The van der Waals surface area contributed by atoms with Crippen LogP contribution < -0.4 is 5.32 Å². The molecule has 0 aromatic heterocycles. The number of nitrogens with one attached hydrogen (secondary N) is 1. The molecule has 2 saturated heterocycles. The molecule has 0 aliphatic carbocycles. The van der Waals surface area contributed by atoms with E-state index >= 15 is 0 Å². The van der Waals surface area contributed by atoms with Crippen molar-refractivity contribution < 1.29 is 0 Å². The number of fused-ring (bicyclic) bond motifs is 2. The summed E-state index contributed by atoms with van der Waals surface area (Å²) in [7, 11) is 2.21. The topological polar surface area (TPSA) is 15.3 Å². The maximum Gasteiger partial charge on any atom is 0.0451 e. The molecule has 1 N–H and O–H groups in total. The molecule has 0 saturated carbocycles. The fourth-order valence-electron chi connectivity index (χ4n) is 3.81. The van der Waals surface area contributed by atoms with E-state index in [0.29, 0.717) is 0 Å². The Bertz CT molecular complexity index is 436. The first-order valence-corrected chi connectivity index (χ1v) is 8.26. The summed E-state index contributed by atoms with van der Waals surface area (Å²) in [6.45, 7) is 2.13. The van der Waals surface area contributed by atoms with Crippen LogP contribution in [0.3, 0.4) is 0 Å². The van der Waals surface area contributed by atoms with Crippen LogP contribution in [0.25, 0.3) is 0 Å². The summed E-state index contributed by atoms with van der Waals surface area (Å²) in [4.78, 5) is 2.41. The minimum absolute atomic E-state index is 0.813. The van der Waals surface area contributed by atoms with Gasteiger partial charge in [0.2, 0.25) is 0 Å². The van der Waals surface area contributed by atoms with Crippen molar-refractivity contribution in [1.82, 2.24) is 10.2 Å². The molecule has 1 aromatic carbocycles. The number of halogens is 1. The molecular formula is C17H25ClN2. The molecule has 0 radical (unpaired) electrons. The van der Waals surface area contributed by atoms with Crippen molar-refractivity contribution >= 4 is 11.6 Å². The first kappa shape index (κ1) is 14.4. The van der Waals surface area contributed by atoms with E-state index in [1.54, 1.807) is 0 Å². The Morgan fingerprint density at radius 1 is 1.20 bits per heavy atom. The van der Waals surface area contributed by atoms with Crippen molar-refractivity contribution in [2.75, 3.05) is 13.6 Å². The van der Waals surface area contributed by atoms with E-state index in [1.807, 2.05) is 12.1 Å². The molecule has 20 heavy (non-hydrogen) atoms. The minimum Gasteiger partial charge on any atom is -0.311 e. The van der Waals surface area contributed by atoms with Gasteiger partial charge in [-0.1, -0.05) is 29.8 Å². The van der Waals surface area contributed by atoms with Gasteiger partial charge in [-0.2, -0.15) is 0 Å². The summed E-state index contributed by atoms with van der Waals surface area (Å²) in [5.41, 5.74) is 1.24. The highest BCUT2D eigenvalue weighted by Crippen LogP contribution is 2.32. The van der Waals surface area contributed by atoms with Gasteiger partial charge in [0, 0.05) is 23.7 Å². The van der Waals surface area contributed by atoms with E-state index in [0.717, 1.165) is 29.6 Å². The van der Waals surface area contributed by atoms with Gasteiger partial charge in [-0.05, 0) is 63.2 Å². The van der Waals surface area contributed by atoms with Crippen LogP contribution in [0.4, 0.5) is 0 Å². The van der Waals surface area contributed by atoms with Gasteiger partial charge in [0.05, 0.1) is 0 Å². The summed E-state index contributed by atoms with van der Waals surface area (Å²) in [5, 5.41) is 4.61. The number of piperidine rings is 1. The fourth-order valence-corrected chi connectivity index (χ4v) is 4.01. The third kappa shape index (κ3) is 3.55. The summed E-state index contributed by atoms with van der Waals surface area (Å²) in [6, 6.07) is 9.80.